The Morgan fingerprint density at radius 1 is 1.03 bits per heavy atom. The number of hydrogen-bond acceptors (Lipinski definition) is 6. The second-order valence-electron chi connectivity index (χ2n) is 7.90. The minimum atomic E-state index is -3.94. The van der Waals surface area contributed by atoms with E-state index in [-0.39, 0.29) is 29.3 Å². The lowest BCUT2D eigenvalue weighted by molar-refractivity contribution is -0.384. The maximum absolute atomic E-state index is 13.3. The van der Waals surface area contributed by atoms with E-state index in [2.05, 4.69) is 13.8 Å². The van der Waals surface area contributed by atoms with Crippen LogP contribution in [0.1, 0.15) is 65.2 Å². The number of non-ortho nitro benzene ring substituents is 1. The lowest BCUT2D eigenvalue weighted by atomic mass is 10.0. The SMILES string of the molecule is CCCCCN(CCCCC)C(=O)C(CCC(=O)O)CS(=O)(=O)c1ccc([N+](=O)[O-])cc1. The van der Waals surface area contributed by atoms with Crippen molar-refractivity contribution in [2.45, 2.75) is 70.1 Å². The summed E-state index contributed by atoms with van der Waals surface area (Å²) in [7, 11) is -3.94. The molecule has 1 aromatic carbocycles. The molecule has 1 aromatic rings. The number of nitrogens with zero attached hydrogens (tertiary/aromatic N) is 2. The summed E-state index contributed by atoms with van der Waals surface area (Å²) >= 11 is 0. The van der Waals surface area contributed by atoms with Crippen LogP contribution in [-0.4, -0.2) is 54.1 Å². The van der Waals surface area contributed by atoms with Gasteiger partial charge in [0, 0.05) is 31.6 Å². The molecule has 1 N–H and O–H groups in total. The van der Waals surface area contributed by atoms with Gasteiger partial charge in [-0.3, -0.25) is 19.7 Å². The van der Waals surface area contributed by atoms with Crippen LogP contribution in [0.25, 0.3) is 0 Å². The molecule has 0 saturated heterocycles. The smallest absolute Gasteiger partial charge is 0.303 e. The topological polar surface area (TPSA) is 135 Å². The molecule has 0 bridgehead atoms. The van der Waals surface area contributed by atoms with Gasteiger partial charge < -0.3 is 10.0 Å². The van der Waals surface area contributed by atoms with Crippen LogP contribution in [0.3, 0.4) is 0 Å². The number of benzene rings is 1. The summed E-state index contributed by atoms with van der Waals surface area (Å²) in [6, 6.07) is 4.49. The zero-order valence-corrected chi connectivity index (χ0v) is 19.7. The van der Waals surface area contributed by atoms with Crippen LogP contribution in [0.15, 0.2) is 29.2 Å². The Morgan fingerprint density at radius 3 is 2.00 bits per heavy atom. The second-order valence-corrected chi connectivity index (χ2v) is 9.94. The molecular weight excluding hydrogens is 436 g/mol. The molecule has 1 unspecified atom stereocenters. The van der Waals surface area contributed by atoms with Crippen molar-refractivity contribution in [1.82, 2.24) is 4.90 Å². The highest BCUT2D eigenvalue weighted by molar-refractivity contribution is 7.91. The van der Waals surface area contributed by atoms with E-state index in [1.54, 1.807) is 4.90 Å². The van der Waals surface area contributed by atoms with Crippen LogP contribution in [0.2, 0.25) is 0 Å². The van der Waals surface area contributed by atoms with E-state index in [1.807, 2.05) is 0 Å². The Morgan fingerprint density at radius 2 is 1.56 bits per heavy atom. The molecule has 0 saturated carbocycles. The fourth-order valence-electron chi connectivity index (χ4n) is 3.41. The summed E-state index contributed by atoms with van der Waals surface area (Å²) in [6.07, 6.45) is 5.05. The number of carboxylic acids is 1. The van der Waals surface area contributed by atoms with E-state index in [4.69, 9.17) is 5.11 Å². The molecule has 0 spiro atoms. The molecule has 0 fully saturated rings. The van der Waals surface area contributed by atoms with Crippen molar-refractivity contribution in [3.63, 3.8) is 0 Å². The van der Waals surface area contributed by atoms with Crippen molar-refractivity contribution < 1.29 is 28.0 Å². The highest BCUT2D eigenvalue weighted by atomic mass is 32.2. The van der Waals surface area contributed by atoms with E-state index in [1.165, 1.54) is 0 Å². The first-order chi connectivity index (χ1) is 15.1. The normalized spacial score (nSPS) is 12.3. The van der Waals surface area contributed by atoms with Gasteiger partial charge in [-0.05, 0) is 31.4 Å². The molecule has 0 radical (unpaired) electrons. The van der Waals surface area contributed by atoms with Gasteiger partial charge in [0.25, 0.3) is 5.69 Å². The predicted molar refractivity (Wildman–Crippen MR) is 121 cm³/mol. The maximum atomic E-state index is 13.3. The average molecular weight is 471 g/mol. The third-order valence-electron chi connectivity index (χ3n) is 5.26. The first-order valence-corrected chi connectivity index (χ1v) is 12.7. The minimum absolute atomic E-state index is 0.0849. The van der Waals surface area contributed by atoms with Crippen molar-refractivity contribution in [2.75, 3.05) is 18.8 Å². The number of nitro groups is 1. The first kappa shape index (κ1) is 27.5. The molecule has 32 heavy (non-hydrogen) atoms. The zero-order chi connectivity index (χ0) is 24.1. The molecule has 9 nitrogen and oxygen atoms in total. The summed E-state index contributed by atoms with van der Waals surface area (Å²) in [4.78, 5) is 36.1. The van der Waals surface area contributed by atoms with E-state index in [9.17, 15) is 28.1 Å². The molecule has 1 amide bonds. The third kappa shape index (κ3) is 9.33. The van der Waals surface area contributed by atoms with Gasteiger partial charge in [0.2, 0.25) is 5.91 Å². The highest BCUT2D eigenvalue weighted by Crippen LogP contribution is 2.22. The van der Waals surface area contributed by atoms with Crippen molar-refractivity contribution >= 4 is 27.4 Å². The Hall–Kier alpha value is -2.49. The standard InChI is InChI=1S/C22H34N2O7S/c1-3-5-7-15-23(16-8-6-4-2)22(27)18(9-14-21(25)26)17-32(30,31)20-12-10-19(11-13-20)24(28)29/h10-13,18H,3-9,14-17H2,1-2H3,(H,25,26). The number of nitro benzene ring substituents is 1. The number of carbonyl (C=O) groups excluding carboxylic acids is 1. The van der Waals surface area contributed by atoms with Gasteiger partial charge in [-0.15, -0.1) is 0 Å². The highest BCUT2D eigenvalue weighted by Gasteiger charge is 2.30. The van der Waals surface area contributed by atoms with Gasteiger partial charge >= 0.3 is 5.97 Å². The Kier molecular flexibility index (Phi) is 11.9. The molecule has 180 valence electrons. The zero-order valence-electron chi connectivity index (χ0n) is 18.9. The number of carbonyl (C=O) groups is 2. The fraction of sp³-hybridized carbons (Fsp3) is 0.636. The molecule has 1 rings (SSSR count). The number of carboxylic acid groups (broad SMARTS) is 1. The van der Waals surface area contributed by atoms with Gasteiger partial charge in [0.15, 0.2) is 9.84 Å². The first-order valence-electron chi connectivity index (χ1n) is 11.1. The summed E-state index contributed by atoms with van der Waals surface area (Å²) in [5, 5.41) is 19.9. The van der Waals surface area contributed by atoms with Crippen LogP contribution in [-0.2, 0) is 19.4 Å². The number of rotatable bonds is 16. The van der Waals surface area contributed by atoms with Gasteiger partial charge in [0.05, 0.1) is 21.5 Å². The molecule has 0 aromatic heterocycles. The fourth-order valence-corrected chi connectivity index (χ4v) is 4.99. The van der Waals surface area contributed by atoms with Crippen molar-refractivity contribution in [2.24, 2.45) is 5.92 Å². The maximum Gasteiger partial charge on any atom is 0.303 e. The van der Waals surface area contributed by atoms with Gasteiger partial charge in [-0.1, -0.05) is 39.5 Å². The summed E-state index contributed by atoms with van der Waals surface area (Å²) < 4.78 is 25.9. The van der Waals surface area contributed by atoms with Crippen LogP contribution in [0.5, 0.6) is 0 Å². The van der Waals surface area contributed by atoms with Gasteiger partial charge in [-0.25, -0.2) is 8.42 Å². The second kappa shape index (κ2) is 13.8. The Labute approximate surface area is 189 Å². The van der Waals surface area contributed by atoms with E-state index in [0.717, 1.165) is 62.8 Å². The average Bonchev–Trinajstić information content (AvgIpc) is 2.75. The lowest BCUT2D eigenvalue weighted by Crippen LogP contribution is -2.40. The summed E-state index contributed by atoms with van der Waals surface area (Å²) in [5.74, 6) is -2.97. The van der Waals surface area contributed by atoms with Crippen LogP contribution in [0.4, 0.5) is 5.69 Å². The monoisotopic (exact) mass is 470 g/mol. The van der Waals surface area contributed by atoms with Crippen molar-refractivity contribution in [1.29, 1.82) is 0 Å². The number of hydrogen-bond donors (Lipinski definition) is 1. The quantitative estimate of drug-likeness (QED) is 0.219. The molecule has 1 atom stereocenters. The third-order valence-corrected chi connectivity index (χ3v) is 7.09. The van der Waals surface area contributed by atoms with E-state index in [0.29, 0.717) is 13.1 Å². The minimum Gasteiger partial charge on any atom is -0.481 e. The van der Waals surface area contributed by atoms with Crippen LogP contribution >= 0.6 is 0 Å². The predicted octanol–water partition coefficient (Wildman–Crippen LogP) is 4.06. The number of aliphatic carboxylic acids is 1. The van der Waals surface area contributed by atoms with Crippen molar-refractivity contribution in [3.05, 3.63) is 34.4 Å². The molecule has 0 aliphatic rings. The molecule has 0 aliphatic carbocycles. The van der Waals surface area contributed by atoms with E-state index < -0.39 is 32.4 Å². The molecule has 0 heterocycles. The summed E-state index contributed by atoms with van der Waals surface area (Å²) in [5.41, 5.74) is -0.236. The molecule has 10 heteroatoms. The summed E-state index contributed by atoms with van der Waals surface area (Å²) in [6.45, 7) is 5.13. The van der Waals surface area contributed by atoms with Crippen LogP contribution in [0, 0.1) is 16.0 Å². The number of unbranched alkanes of at least 4 members (excludes halogenated alkanes) is 4. The van der Waals surface area contributed by atoms with Gasteiger partial charge in [0.1, 0.15) is 0 Å². The van der Waals surface area contributed by atoms with Crippen LogP contribution < -0.4 is 0 Å². The molecular formula is C22H34N2O7S. The van der Waals surface area contributed by atoms with E-state index >= 15 is 0 Å². The van der Waals surface area contributed by atoms with Crippen molar-refractivity contribution in [3.8, 4) is 0 Å². The molecule has 0 aliphatic heterocycles. The van der Waals surface area contributed by atoms with Gasteiger partial charge in [-0.2, -0.15) is 0 Å². The Bertz CT molecular complexity index is 844. The largest absolute Gasteiger partial charge is 0.481 e. The Balaban J connectivity index is 3.09. The lowest BCUT2D eigenvalue weighted by Gasteiger charge is -2.27. The number of sulfone groups is 1. The number of amides is 1.